The number of carbonyl (C=O) groups excluding carboxylic acids is 4. The summed E-state index contributed by atoms with van der Waals surface area (Å²) in [5.74, 6) is -0.209. The van der Waals surface area contributed by atoms with E-state index in [2.05, 4.69) is 55.8 Å². The summed E-state index contributed by atoms with van der Waals surface area (Å²) in [5.41, 5.74) is 5.90. The first kappa shape index (κ1) is 46.6. The Kier molecular flexibility index (Phi) is 14.4. The summed E-state index contributed by atoms with van der Waals surface area (Å²) >= 11 is 1.65. The quantitative estimate of drug-likeness (QED) is 0.0917. The summed E-state index contributed by atoms with van der Waals surface area (Å²) in [4.78, 5) is 65.0. The molecule has 1 fully saturated rings. The molecule has 0 bridgehead atoms. The summed E-state index contributed by atoms with van der Waals surface area (Å²) in [7, 11) is 1.71. The van der Waals surface area contributed by atoms with E-state index in [9.17, 15) is 19.2 Å². The maximum Gasteiger partial charge on any atom is 0.251 e. The van der Waals surface area contributed by atoms with Crippen molar-refractivity contribution in [2.75, 3.05) is 33.4 Å². The molecule has 2 aliphatic heterocycles. The number of aromatic nitrogens is 1. The number of rotatable bonds is 14. The van der Waals surface area contributed by atoms with Gasteiger partial charge in [-0.05, 0) is 98.0 Å². The predicted molar refractivity (Wildman–Crippen MR) is 259 cm³/mol. The van der Waals surface area contributed by atoms with Gasteiger partial charge in [-0.3, -0.25) is 24.1 Å². The molecule has 0 radical (unpaired) electrons. The van der Waals surface area contributed by atoms with Gasteiger partial charge >= 0.3 is 0 Å². The Labute approximate surface area is 392 Å². The van der Waals surface area contributed by atoms with Gasteiger partial charge in [-0.1, -0.05) is 99.6 Å². The number of likely N-dealkylation sites (N-methyl/N-ethyl adjacent to an activating group) is 1. The Hall–Kier alpha value is -5.89. The minimum atomic E-state index is -0.875. The van der Waals surface area contributed by atoms with Crippen molar-refractivity contribution in [1.29, 1.82) is 0 Å². The van der Waals surface area contributed by atoms with Gasteiger partial charge in [-0.15, -0.1) is 11.3 Å². The zero-order valence-corrected chi connectivity index (χ0v) is 39.6. The van der Waals surface area contributed by atoms with Crippen LogP contribution in [0.15, 0.2) is 109 Å². The van der Waals surface area contributed by atoms with Crippen molar-refractivity contribution in [3.8, 4) is 17.0 Å². The molecule has 66 heavy (non-hydrogen) atoms. The van der Waals surface area contributed by atoms with Crippen molar-refractivity contribution in [1.82, 2.24) is 36.1 Å². The van der Waals surface area contributed by atoms with Gasteiger partial charge in [0.1, 0.15) is 29.6 Å². The van der Waals surface area contributed by atoms with Crippen molar-refractivity contribution >= 4 is 35.0 Å². The molecule has 2 unspecified atom stereocenters. The van der Waals surface area contributed by atoms with Gasteiger partial charge in [0.15, 0.2) is 0 Å². The molecule has 4 atom stereocenters. The second-order valence-corrected chi connectivity index (χ2v) is 20.1. The van der Waals surface area contributed by atoms with Gasteiger partial charge in [-0.25, -0.2) is 4.98 Å². The van der Waals surface area contributed by atoms with Crippen molar-refractivity contribution in [3.05, 3.63) is 141 Å². The lowest BCUT2D eigenvalue weighted by Gasteiger charge is -2.42. The van der Waals surface area contributed by atoms with Crippen LogP contribution >= 0.6 is 11.3 Å². The van der Waals surface area contributed by atoms with Gasteiger partial charge < -0.3 is 30.9 Å². The normalized spacial score (nSPS) is 19.1. The van der Waals surface area contributed by atoms with Crippen molar-refractivity contribution < 1.29 is 23.9 Å². The van der Waals surface area contributed by atoms with Crippen LogP contribution in [0.25, 0.3) is 11.3 Å². The van der Waals surface area contributed by atoms with E-state index in [1.165, 1.54) is 5.56 Å². The fourth-order valence-electron chi connectivity index (χ4n) is 9.44. The summed E-state index contributed by atoms with van der Waals surface area (Å²) in [6, 6.07) is 31.4. The molecule has 13 heteroatoms. The molecule has 346 valence electrons. The molecule has 8 rings (SSSR count). The van der Waals surface area contributed by atoms with Crippen molar-refractivity contribution in [3.63, 3.8) is 0 Å². The Morgan fingerprint density at radius 1 is 0.894 bits per heavy atom. The molecule has 4 amide bonds. The molecule has 1 aromatic heterocycles. The first-order chi connectivity index (χ1) is 31.8. The van der Waals surface area contributed by atoms with E-state index in [4.69, 9.17) is 9.72 Å². The molecule has 3 heterocycles. The topological polar surface area (TPSA) is 145 Å². The standard InChI is InChI=1S/C53H63N7O5S/c1-35(54-5)47(61)58-46(52(2,3)4)50(64)60-31-40-29-41(24-23-39(40)30-45(60)49(63)56-43-22-14-20-36-15-12-13-21-42(36)43)65-34-59-27-25-53(26-28-59,33-55-48(62)38-18-10-7-11-19-38)51-57-44(32-66-51)37-16-8-6-9-17-37/h6-13,15-19,21,23-24,29,32,35,43,45-46,54H,14,20,22,25-28,30-31,33-34H2,1-5H3,(H,55,62)(H,56,63)(H,58,61)/t35-,43?,45?,46+/m0/s1. The molecular formula is C53H63N7O5S. The Morgan fingerprint density at radius 3 is 2.33 bits per heavy atom. The molecular weight excluding hydrogens is 847 g/mol. The van der Waals surface area contributed by atoms with E-state index in [0.717, 1.165) is 78.1 Å². The van der Waals surface area contributed by atoms with Crippen LogP contribution in [0.1, 0.15) is 97.0 Å². The van der Waals surface area contributed by atoms with E-state index < -0.39 is 23.5 Å². The molecule has 1 saturated heterocycles. The van der Waals surface area contributed by atoms with Crippen LogP contribution in [0.4, 0.5) is 0 Å². The van der Waals surface area contributed by atoms with Gasteiger partial charge in [0.2, 0.25) is 17.7 Å². The highest BCUT2D eigenvalue weighted by Gasteiger charge is 2.44. The molecule has 4 N–H and O–H groups in total. The number of ether oxygens (including phenoxy) is 1. The number of amides is 4. The highest BCUT2D eigenvalue weighted by atomic mass is 32.1. The molecule has 5 aromatic rings. The molecule has 1 aliphatic carbocycles. The number of hydrogen-bond donors (Lipinski definition) is 4. The SMILES string of the molecule is CN[C@@H](C)C(=O)N[C@H](C(=O)N1Cc2cc(OCN3CCC(CNC(=O)c4ccccc4)(c4nc(-c5ccccc5)cs4)CC3)ccc2CC1C(=O)NC1CCCc2ccccc21)C(C)(C)C. The number of fused-ring (bicyclic) bond motifs is 2. The molecule has 0 saturated carbocycles. The molecule has 12 nitrogen and oxygen atoms in total. The number of likely N-dealkylation sites (tertiary alicyclic amines) is 1. The van der Waals surface area contributed by atoms with Crippen LogP contribution in [0.2, 0.25) is 0 Å². The fraction of sp³-hybridized carbons (Fsp3) is 0.415. The zero-order valence-electron chi connectivity index (χ0n) is 38.8. The number of nitrogens with zero attached hydrogens (tertiary/aromatic N) is 3. The summed E-state index contributed by atoms with van der Waals surface area (Å²) in [5, 5.41) is 15.7. The van der Waals surface area contributed by atoms with E-state index >= 15 is 0 Å². The third-order valence-corrected chi connectivity index (χ3v) is 14.8. The van der Waals surface area contributed by atoms with Gasteiger partial charge in [-0.2, -0.15) is 0 Å². The van der Waals surface area contributed by atoms with E-state index in [1.54, 1.807) is 30.2 Å². The van der Waals surface area contributed by atoms with Crippen molar-refractivity contribution in [2.45, 2.75) is 102 Å². The fourth-order valence-corrected chi connectivity index (χ4v) is 10.5. The number of piperidine rings is 1. The van der Waals surface area contributed by atoms with Crippen LogP contribution < -0.4 is 26.0 Å². The van der Waals surface area contributed by atoms with E-state index in [0.29, 0.717) is 31.0 Å². The second kappa shape index (κ2) is 20.3. The molecule has 3 aliphatic rings. The van der Waals surface area contributed by atoms with Crippen LogP contribution in [0.5, 0.6) is 5.75 Å². The number of nitrogens with one attached hydrogen (secondary N) is 4. The van der Waals surface area contributed by atoms with Crippen molar-refractivity contribution in [2.24, 2.45) is 5.41 Å². The van der Waals surface area contributed by atoms with Gasteiger partial charge in [0, 0.05) is 54.5 Å². The van der Waals surface area contributed by atoms with E-state index in [1.807, 2.05) is 99.6 Å². The largest absolute Gasteiger partial charge is 0.478 e. The minimum absolute atomic E-state index is 0.0998. The maximum absolute atomic E-state index is 14.9. The smallest absolute Gasteiger partial charge is 0.251 e. The summed E-state index contributed by atoms with van der Waals surface area (Å²) < 4.78 is 6.50. The predicted octanol–water partition coefficient (Wildman–Crippen LogP) is 7.20. The van der Waals surface area contributed by atoms with Crippen LogP contribution in [0, 0.1) is 5.41 Å². The number of carbonyl (C=O) groups is 4. The number of hydrogen-bond acceptors (Lipinski definition) is 9. The monoisotopic (exact) mass is 909 g/mol. The van der Waals surface area contributed by atoms with Crippen LogP contribution in [0.3, 0.4) is 0 Å². The van der Waals surface area contributed by atoms with Crippen LogP contribution in [-0.4, -0.2) is 90.0 Å². The summed E-state index contributed by atoms with van der Waals surface area (Å²) in [6.07, 6.45) is 4.66. The third kappa shape index (κ3) is 10.5. The Morgan fingerprint density at radius 2 is 1.61 bits per heavy atom. The molecule has 4 aromatic carbocycles. The van der Waals surface area contributed by atoms with Gasteiger partial charge in [0.05, 0.1) is 17.8 Å². The third-order valence-electron chi connectivity index (χ3n) is 13.7. The highest BCUT2D eigenvalue weighted by molar-refractivity contribution is 7.10. The Balaban J connectivity index is 0.984. The lowest BCUT2D eigenvalue weighted by molar-refractivity contribution is -0.147. The lowest BCUT2D eigenvalue weighted by Crippen LogP contribution is -2.62. The van der Waals surface area contributed by atoms with E-state index in [-0.39, 0.29) is 41.6 Å². The summed E-state index contributed by atoms with van der Waals surface area (Å²) in [6.45, 7) is 10.0. The highest BCUT2D eigenvalue weighted by Crippen LogP contribution is 2.39. The molecule has 0 spiro atoms. The number of aryl methyl sites for hydroxylation is 1. The number of benzene rings is 4. The number of thiazole rings is 1. The van der Waals surface area contributed by atoms with Crippen LogP contribution in [-0.2, 0) is 39.2 Å². The Bertz CT molecular complexity index is 2500. The second-order valence-electron chi connectivity index (χ2n) is 19.2. The zero-order chi connectivity index (χ0) is 46.4. The average molecular weight is 910 g/mol. The van der Waals surface area contributed by atoms with Gasteiger partial charge in [0.25, 0.3) is 5.91 Å². The maximum atomic E-state index is 14.9. The lowest BCUT2D eigenvalue weighted by atomic mass is 9.78. The minimum Gasteiger partial charge on any atom is -0.478 e. The first-order valence-electron chi connectivity index (χ1n) is 23.3. The average Bonchev–Trinajstić information content (AvgIpc) is 3.85. The first-order valence-corrected chi connectivity index (χ1v) is 24.2.